The molecule has 1 saturated heterocycles. The molecule has 0 spiro atoms. The summed E-state index contributed by atoms with van der Waals surface area (Å²) in [5, 5.41) is 12.4. The van der Waals surface area contributed by atoms with Crippen LogP contribution in [-0.2, 0) is 4.79 Å². The number of amides is 1. The maximum atomic E-state index is 12.4. The first-order valence-corrected chi connectivity index (χ1v) is 7.24. The Bertz CT molecular complexity index is 479. The van der Waals surface area contributed by atoms with Crippen molar-refractivity contribution in [1.82, 2.24) is 5.32 Å². The Morgan fingerprint density at radius 1 is 1.53 bits per heavy atom. The van der Waals surface area contributed by atoms with E-state index in [1.165, 1.54) is 0 Å². The van der Waals surface area contributed by atoms with Crippen LogP contribution in [0.1, 0.15) is 12.5 Å². The van der Waals surface area contributed by atoms with E-state index in [1.54, 1.807) is 4.90 Å². The fraction of sp³-hybridized carbons (Fsp3) is 0.500. The minimum Gasteiger partial charge on any atom is -0.394 e. The number of nitrogens with zero attached hydrogens (tertiary/aromatic N) is 1. The molecule has 0 saturated carbocycles. The van der Waals surface area contributed by atoms with Crippen molar-refractivity contribution in [2.24, 2.45) is 5.92 Å². The molecule has 1 aliphatic rings. The third-order valence-electron chi connectivity index (χ3n) is 3.41. The highest BCUT2D eigenvalue weighted by atomic mass is 79.9. The zero-order valence-electron chi connectivity index (χ0n) is 11.2. The zero-order chi connectivity index (χ0) is 14.0. The Morgan fingerprint density at radius 3 is 2.89 bits per heavy atom. The van der Waals surface area contributed by atoms with Crippen LogP contribution in [0.4, 0.5) is 5.69 Å². The van der Waals surface area contributed by atoms with Gasteiger partial charge in [0.25, 0.3) is 0 Å². The van der Waals surface area contributed by atoms with E-state index in [2.05, 4.69) is 28.2 Å². The van der Waals surface area contributed by atoms with Crippen molar-refractivity contribution >= 4 is 27.5 Å². The Morgan fingerprint density at radius 2 is 2.26 bits per heavy atom. The summed E-state index contributed by atoms with van der Waals surface area (Å²) in [5.74, 6) is 0.290. The van der Waals surface area contributed by atoms with Gasteiger partial charge in [-0.2, -0.15) is 0 Å². The highest BCUT2D eigenvalue weighted by Crippen LogP contribution is 2.25. The summed E-state index contributed by atoms with van der Waals surface area (Å²) in [4.78, 5) is 14.2. The zero-order valence-corrected chi connectivity index (χ0v) is 12.8. The molecule has 1 amide bonds. The molecule has 0 bridgehead atoms. The maximum Gasteiger partial charge on any atom is 0.246 e. The first-order chi connectivity index (χ1) is 9.02. The molecular weight excluding hydrogens is 308 g/mol. The molecular formula is C14H19BrN2O2. The van der Waals surface area contributed by atoms with E-state index in [1.807, 2.05) is 25.1 Å². The van der Waals surface area contributed by atoms with Crippen LogP contribution in [-0.4, -0.2) is 36.8 Å². The number of rotatable bonds is 2. The number of anilines is 1. The molecule has 4 nitrogen and oxygen atoms in total. The van der Waals surface area contributed by atoms with Gasteiger partial charge in [-0.25, -0.2) is 0 Å². The van der Waals surface area contributed by atoms with Crippen molar-refractivity contribution in [3.63, 3.8) is 0 Å². The molecule has 0 radical (unpaired) electrons. The third-order valence-corrected chi connectivity index (χ3v) is 4.30. The standard InChI is InChI=1S/C14H19BrN2O2/c1-9-6-16-13(8-18)14(19)17(7-9)11-3-4-12(15)10(2)5-11/h3-5,9,13,16,18H,6-8H2,1-2H3. The van der Waals surface area contributed by atoms with E-state index >= 15 is 0 Å². The molecule has 1 aliphatic heterocycles. The number of aryl methyl sites for hydroxylation is 1. The molecule has 19 heavy (non-hydrogen) atoms. The summed E-state index contributed by atoms with van der Waals surface area (Å²) in [6, 6.07) is 5.37. The Kier molecular flexibility index (Phi) is 4.60. The van der Waals surface area contributed by atoms with Gasteiger partial charge < -0.3 is 15.3 Å². The lowest BCUT2D eigenvalue weighted by atomic mass is 10.1. The van der Waals surface area contributed by atoms with Crippen LogP contribution in [0.2, 0.25) is 0 Å². The normalized spacial score (nSPS) is 24.4. The Balaban J connectivity index is 2.33. The lowest BCUT2D eigenvalue weighted by molar-refractivity contribution is -0.121. The molecule has 2 rings (SSSR count). The molecule has 2 atom stereocenters. The molecule has 2 unspecified atom stereocenters. The van der Waals surface area contributed by atoms with Gasteiger partial charge in [0.15, 0.2) is 0 Å². The highest BCUT2D eigenvalue weighted by molar-refractivity contribution is 9.10. The van der Waals surface area contributed by atoms with Crippen LogP contribution in [0.15, 0.2) is 22.7 Å². The van der Waals surface area contributed by atoms with Crippen LogP contribution < -0.4 is 10.2 Å². The summed E-state index contributed by atoms with van der Waals surface area (Å²) in [6.07, 6.45) is 0. The molecule has 0 aromatic heterocycles. The maximum absolute atomic E-state index is 12.4. The van der Waals surface area contributed by atoms with E-state index in [0.29, 0.717) is 12.5 Å². The highest BCUT2D eigenvalue weighted by Gasteiger charge is 2.29. The van der Waals surface area contributed by atoms with Crippen LogP contribution in [0, 0.1) is 12.8 Å². The summed E-state index contributed by atoms with van der Waals surface area (Å²) >= 11 is 3.47. The van der Waals surface area contributed by atoms with Crippen molar-refractivity contribution < 1.29 is 9.90 Å². The molecule has 5 heteroatoms. The van der Waals surface area contributed by atoms with E-state index in [9.17, 15) is 9.90 Å². The number of nitrogens with one attached hydrogen (secondary N) is 1. The number of carbonyl (C=O) groups excluding carboxylic acids is 1. The van der Waals surface area contributed by atoms with Crippen molar-refractivity contribution in [1.29, 1.82) is 0 Å². The van der Waals surface area contributed by atoms with Gasteiger partial charge in [-0.05, 0) is 36.6 Å². The lowest BCUT2D eigenvalue weighted by Crippen LogP contribution is -2.46. The van der Waals surface area contributed by atoms with E-state index in [-0.39, 0.29) is 12.5 Å². The van der Waals surface area contributed by atoms with Crippen LogP contribution in [0.25, 0.3) is 0 Å². The first-order valence-electron chi connectivity index (χ1n) is 6.44. The molecule has 1 heterocycles. The fourth-order valence-electron chi connectivity index (χ4n) is 2.26. The summed E-state index contributed by atoms with van der Waals surface area (Å²) in [6.45, 7) is 5.34. The van der Waals surface area contributed by atoms with Gasteiger partial charge >= 0.3 is 0 Å². The number of carbonyl (C=O) groups is 1. The van der Waals surface area contributed by atoms with Gasteiger partial charge in [0.05, 0.1) is 6.61 Å². The number of hydrogen-bond acceptors (Lipinski definition) is 3. The number of benzene rings is 1. The van der Waals surface area contributed by atoms with Crippen molar-refractivity contribution in [3.8, 4) is 0 Å². The van der Waals surface area contributed by atoms with Crippen molar-refractivity contribution in [2.75, 3.05) is 24.6 Å². The van der Waals surface area contributed by atoms with Crippen molar-refractivity contribution in [3.05, 3.63) is 28.2 Å². The smallest absolute Gasteiger partial charge is 0.246 e. The minimum absolute atomic E-state index is 0.0615. The van der Waals surface area contributed by atoms with Gasteiger partial charge in [-0.15, -0.1) is 0 Å². The molecule has 0 aliphatic carbocycles. The third kappa shape index (κ3) is 3.16. The SMILES string of the molecule is Cc1cc(N2CC(C)CNC(CO)C2=O)ccc1Br. The predicted molar refractivity (Wildman–Crippen MR) is 79.3 cm³/mol. The minimum atomic E-state index is -0.506. The van der Waals surface area contributed by atoms with Gasteiger partial charge in [0.1, 0.15) is 6.04 Å². The lowest BCUT2D eigenvalue weighted by Gasteiger charge is -2.25. The summed E-state index contributed by atoms with van der Waals surface area (Å²) in [7, 11) is 0. The van der Waals surface area contributed by atoms with Gasteiger partial charge in [-0.1, -0.05) is 22.9 Å². The average molecular weight is 327 g/mol. The fourth-order valence-corrected chi connectivity index (χ4v) is 2.50. The predicted octanol–water partition coefficient (Wildman–Crippen LogP) is 1.69. The van der Waals surface area contributed by atoms with Gasteiger partial charge in [0, 0.05) is 23.2 Å². The Hall–Kier alpha value is -0.910. The van der Waals surface area contributed by atoms with E-state index in [4.69, 9.17) is 0 Å². The number of aliphatic hydroxyl groups is 1. The van der Waals surface area contributed by atoms with Crippen molar-refractivity contribution in [2.45, 2.75) is 19.9 Å². The summed E-state index contributed by atoms with van der Waals surface area (Å²) in [5.41, 5.74) is 1.98. The van der Waals surface area contributed by atoms with Gasteiger partial charge in [0.2, 0.25) is 5.91 Å². The number of hydrogen-bond donors (Lipinski definition) is 2. The molecule has 1 fully saturated rings. The first kappa shape index (κ1) is 14.5. The number of halogens is 1. The second-order valence-electron chi connectivity index (χ2n) is 5.13. The van der Waals surface area contributed by atoms with Crippen LogP contribution in [0.5, 0.6) is 0 Å². The largest absolute Gasteiger partial charge is 0.394 e. The topological polar surface area (TPSA) is 52.6 Å². The average Bonchev–Trinajstić information content (AvgIpc) is 2.53. The Labute approximate surface area is 121 Å². The van der Waals surface area contributed by atoms with Crippen LogP contribution >= 0.6 is 15.9 Å². The summed E-state index contributed by atoms with van der Waals surface area (Å²) < 4.78 is 1.03. The molecule has 2 N–H and O–H groups in total. The molecule has 1 aromatic rings. The van der Waals surface area contributed by atoms with Gasteiger partial charge in [-0.3, -0.25) is 4.79 Å². The quantitative estimate of drug-likeness (QED) is 0.869. The molecule has 104 valence electrons. The second-order valence-corrected chi connectivity index (χ2v) is 5.99. The van der Waals surface area contributed by atoms with Crippen LogP contribution in [0.3, 0.4) is 0 Å². The molecule has 1 aromatic carbocycles. The van der Waals surface area contributed by atoms with E-state index in [0.717, 1.165) is 22.3 Å². The van der Waals surface area contributed by atoms with E-state index < -0.39 is 6.04 Å². The second kappa shape index (κ2) is 6.03. The number of aliphatic hydroxyl groups excluding tert-OH is 1. The monoisotopic (exact) mass is 326 g/mol.